The molecule has 2 aromatic rings. The molecule has 8 saturated carbocycles. The highest BCUT2D eigenvalue weighted by molar-refractivity contribution is 7.59. The van der Waals surface area contributed by atoms with Gasteiger partial charge in [0.2, 0.25) is 0 Å². The lowest BCUT2D eigenvalue weighted by Gasteiger charge is -2.62. The summed E-state index contributed by atoms with van der Waals surface area (Å²) in [6.45, 7) is 16.0. The predicted molar refractivity (Wildman–Crippen MR) is 218 cm³/mol. The minimum absolute atomic E-state index is 0.123. The van der Waals surface area contributed by atoms with E-state index in [4.69, 9.17) is 9.97 Å². The predicted octanol–water partition coefficient (Wildman–Crippen LogP) is 11.5. The molecule has 9 aliphatic rings. The van der Waals surface area contributed by atoms with E-state index in [0.29, 0.717) is 5.54 Å². The van der Waals surface area contributed by atoms with E-state index in [2.05, 4.69) is 91.0 Å². The Hall–Kier alpha value is -0.926. The molecule has 0 radical (unpaired) electrons. The first kappa shape index (κ1) is 33.9. The minimum atomic E-state index is -1.69. The van der Waals surface area contributed by atoms with Crippen molar-refractivity contribution >= 4 is 33.3 Å². The van der Waals surface area contributed by atoms with Crippen molar-refractivity contribution in [1.82, 2.24) is 9.97 Å². The first-order chi connectivity index (χ1) is 23.4. The number of hydrogen-bond acceptors (Lipinski definition) is 2. The Labute approximate surface area is 303 Å². The number of aromatic nitrogens is 2. The first-order valence-corrected chi connectivity index (χ1v) is 29.5. The van der Waals surface area contributed by atoms with Crippen LogP contribution in [0, 0.1) is 47.3 Å². The van der Waals surface area contributed by atoms with Crippen LogP contribution >= 0.6 is 17.2 Å². The molecule has 0 spiro atoms. The largest absolute Gasteiger partial charge is 0.260 e. The third-order valence-electron chi connectivity index (χ3n) is 15.1. The molecule has 2 unspecified atom stereocenters. The quantitative estimate of drug-likeness (QED) is 0.190. The second-order valence-electron chi connectivity index (χ2n) is 20.3. The summed E-state index contributed by atoms with van der Waals surface area (Å²) in [5, 5.41) is 1.49. The van der Waals surface area contributed by atoms with Crippen molar-refractivity contribution in [3.05, 3.63) is 82.6 Å². The van der Waals surface area contributed by atoms with Crippen LogP contribution in [-0.2, 0) is 5.16 Å². The van der Waals surface area contributed by atoms with Crippen LogP contribution in [0.2, 0.25) is 44.8 Å². The molecule has 262 valence electrons. The molecule has 0 aliphatic heterocycles. The Morgan fingerprint density at radius 1 is 0.653 bits per heavy atom. The smallest absolute Gasteiger partial charge is 0.0932 e. The molecule has 0 aromatic carbocycles. The molecular formula is C43H62N2P2Si2. The molecule has 2 atom stereocenters. The van der Waals surface area contributed by atoms with Gasteiger partial charge in [0.25, 0.3) is 0 Å². The monoisotopic (exact) mass is 724 g/mol. The van der Waals surface area contributed by atoms with E-state index >= 15 is 0 Å². The van der Waals surface area contributed by atoms with E-state index in [1.54, 1.807) is 69.8 Å². The maximum Gasteiger partial charge on any atom is 0.0932 e. The fourth-order valence-corrected chi connectivity index (χ4v) is 25.8. The Kier molecular flexibility index (Phi) is 8.52. The Morgan fingerprint density at radius 3 is 1.43 bits per heavy atom. The van der Waals surface area contributed by atoms with E-state index in [-0.39, 0.29) is 7.92 Å². The first-order valence-electron chi connectivity index (χ1n) is 20.2. The summed E-state index contributed by atoms with van der Waals surface area (Å²) < 4.78 is 0. The Bertz CT molecular complexity index is 1480. The molecule has 0 amide bonds. The molecule has 2 nitrogen and oxygen atoms in total. The molecule has 0 saturated heterocycles. The Morgan fingerprint density at radius 2 is 1.08 bits per heavy atom. The van der Waals surface area contributed by atoms with Crippen LogP contribution in [0.3, 0.4) is 0 Å². The van der Waals surface area contributed by atoms with Crippen molar-refractivity contribution < 1.29 is 0 Å². The normalized spacial score (nSPS) is 38.8. The number of nitrogens with zero attached hydrogens (tertiary/aromatic N) is 2. The van der Waals surface area contributed by atoms with Crippen molar-refractivity contribution in [2.24, 2.45) is 47.3 Å². The van der Waals surface area contributed by atoms with Gasteiger partial charge in [0, 0.05) is 12.4 Å². The second-order valence-corrected chi connectivity index (χ2v) is 34.1. The van der Waals surface area contributed by atoms with Crippen LogP contribution < -0.4 is 0 Å². The van der Waals surface area contributed by atoms with E-state index < -0.39 is 21.3 Å². The Balaban J connectivity index is 1.23. The van der Waals surface area contributed by atoms with Crippen molar-refractivity contribution in [2.75, 3.05) is 6.16 Å². The van der Waals surface area contributed by atoms with Gasteiger partial charge in [-0.15, -0.1) is 9.24 Å². The summed E-state index contributed by atoms with van der Waals surface area (Å²) in [6.07, 6.45) is 23.9. The fourth-order valence-electron chi connectivity index (χ4n) is 13.9. The van der Waals surface area contributed by atoms with Crippen molar-refractivity contribution in [3.63, 3.8) is 0 Å². The fraction of sp³-hybridized carbons (Fsp3) is 0.674. The number of hydrogen-bond donors (Lipinski definition) is 0. The minimum Gasteiger partial charge on any atom is -0.260 e. The average molecular weight is 725 g/mol. The van der Waals surface area contributed by atoms with Gasteiger partial charge in [-0.25, -0.2) is 0 Å². The summed E-state index contributed by atoms with van der Waals surface area (Å²) in [4.78, 5) is 10.3. The van der Waals surface area contributed by atoms with Gasteiger partial charge in [0.05, 0.1) is 32.7 Å². The highest BCUT2D eigenvalue weighted by atomic mass is 31.1. The standard InChI is InChI=1S/C43H62N2P2Si2/c1-48(2,3)37-25-36(43(46,38-11-7-9-13-44-38)39-12-8-10-14-45-39)35(42(37)49(4,5)6)26-47(40-31-17-27-15-28(19-31)20-32(40)18-27)41-33-21-29-16-30(23-33)24-34(41)22-29/h7-14,25,27-34,37,40-41H,15-24,26,46H2,1-6H3. The number of allylic oxidation sites excluding steroid dienone is 4. The van der Waals surface area contributed by atoms with Gasteiger partial charge >= 0.3 is 0 Å². The van der Waals surface area contributed by atoms with Gasteiger partial charge in [-0.3, -0.25) is 9.97 Å². The molecule has 49 heavy (non-hydrogen) atoms. The van der Waals surface area contributed by atoms with Crippen molar-refractivity contribution in [3.8, 4) is 0 Å². The van der Waals surface area contributed by atoms with Gasteiger partial charge in [0.1, 0.15) is 0 Å². The summed E-state index contributed by atoms with van der Waals surface area (Å²) in [5.74, 6) is 8.28. The second kappa shape index (κ2) is 12.3. The topological polar surface area (TPSA) is 25.8 Å². The van der Waals surface area contributed by atoms with E-state index in [9.17, 15) is 0 Å². The SMILES string of the molecule is C[Si](C)(C)C1=C(CP(C2C3CC4CC(C3)CC2C4)C2C3CC4CC(C3)CC2C4)C(C(P)(c2ccccn2)c2ccccn2)=CC1[Si](C)(C)C. The molecule has 6 heteroatoms. The van der Waals surface area contributed by atoms with Crippen LogP contribution in [0.25, 0.3) is 0 Å². The van der Waals surface area contributed by atoms with E-state index in [0.717, 1.165) is 70.0 Å². The molecule has 2 heterocycles. The maximum atomic E-state index is 5.16. The lowest BCUT2D eigenvalue weighted by Crippen LogP contribution is -2.53. The van der Waals surface area contributed by atoms with Gasteiger partial charge < -0.3 is 0 Å². The van der Waals surface area contributed by atoms with Crippen LogP contribution in [0.5, 0.6) is 0 Å². The highest BCUT2D eigenvalue weighted by Gasteiger charge is 2.58. The van der Waals surface area contributed by atoms with Crippen LogP contribution in [0.4, 0.5) is 0 Å². The summed E-state index contributed by atoms with van der Waals surface area (Å²) in [5.41, 5.74) is 8.31. The lowest BCUT2D eigenvalue weighted by molar-refractivity contribution is 0.0131. The van der Waals surface area contributed by atoms with Crippen LogP contribution in [-0.4, -0.2) is 43.6 Å². The van der Waals surface area contributed by atoms with E-state index in [1.807, 2.05) is 23.2 Å². The number of pyridine rings is 2. The average Bonchev–Trinajstić information content (AvgIpc) is 3.45. The molecule has 0 N–H and O–H groups in total. The summed E-state index contributed by atoms with van der Waals surface area (Å²) in [7, 11) is 0.0262. The zero-order chi connectivity index (χ0) is 33.9. The highest BCUT2D eigenvalue weighted by Crippen LogP contribution is 2.72. The third-order valence-corrected chi connectivity index (χ3v) is 24.7. The maximum absolute atomic E-state index is 5.16. The van der Waals surface area contributed by atoms with Gasteiger partial charge in [-0.05, 0) is 170 Å². The molecule has 2 aromatic heterocycles. The lowest BCUT2D eigenvalue weighted by atomic mass is 9.55. The zero-order valence-electron chi connectivity index (χ0n) is 31.2. The summed E-state index contributed by atoms with van der Waals surface area (Å²) >= 11 is 0. The third kappa shape index (κ3) is 5.74. The zero-order valence-corrected chi connectivity index (χ0v) is 35.3. The van der Waals surface area contributed by atoms with E-state index in [1.165, 1.54) is 6.16 Å². The van der Waals surface area contributed by atoms with Gasteiger partial charge in [-0.1, -0.05) is 70.6 Å². The van der Waals surface area contributed by atoms with Crippen molar-refractivity contribution in [1.29, 1.82) is 0 Å². The molecular weight excluding hydrogens is 663 g/mol. The number of rotatable bonds is 9. The molecule has 8 bridgehead atoms. The van der Waals surface area contributed by atoms with Crippen LogP contribution in [0.15, 0.2) is 71.2 Å². The van der Waals surface area contributed by atoms with Crippen LogP contribution in [0.1, 0.15) is 75.6 Å². The summed E-state index contributed by atoms with van der Waals surface area (Å²) in [6, 6.07) is 13.2. The van der Waals surface area contributed by atoms with Gasteiger partial charge in [-0.2, -0.15) is 0 Å². The van der Waals surface area contributed by atoms with Crippen molar-refractivity contribution in [2.45, 2.75) is 126 Å². The molecule has 8 fully saturated rings. The molecule has 9 aliphatic carbocycles. The van der Waals surface area contributed by atoms with Gasteiger partial charge in [0.15, 0.2) is 0 Å². The molecule has 11 rings (SSSR count).